The van der Waals surface area contributed by atoms with Crippen LogP contribution in [0.5, 0.6) is 0 Å². The van der Waals surface area contributed by atoms with Crippen LogP contribution in [0, 0.1) is 6.92 Å². The van der Waals surface area contributed by atoms with E-state index >= 15 is 0 Å². The van der Waals surface area contributed by atoms with Gasteiger partial charge < -0.3 is 15.7 Å². The average Bonchev–Trinajstić information content (AvgIpc) is 2.92. The van der Waals surface area contributed by atoms with Crippen LogP contribution in [0.1, 0.15) is 11.6 Å². The van der Waals surface area contributed by atoms with Crippen LogP contribution in [-0.2, 0) is 6.54 Å². The number of hydrogen-bond donors (Lipinski definition) is 3. The van der Waals surface area contributed by atoms with Crippen molar-refractivity contribution in [3.05, 3.63) is 36.0 Å². The van der Waals surface area contributed by atoms with Gasteiger partial charge in [0, 0.05) is 5.56 Å². The van der Waals surface area contributed by atoms with Gasteiger partial charge in [-0.15, -0.1) is 0 Å². The van der Waals surface area contributed by atoms with Crippen molar-refractivity contribution < 1.29 is 0 Å². The molecule has 1 aromatic carbocycles. The predicted octanol–water partition coefficient (Wildman–Crippen LogP) is 1.72. The zero-order chi connectivity index (χ0) is 11.8. The van der Waals surface area contributed by atoms with Crippen LogP contribution in [0.15, 0.2) is 24.4 Å². The number of hydrogen-bond acceptors (Lipinski definition) is 3. The van der Waals surface area contributed by atoms with E-state index in [1.807, 2.05) is 19.1 Å². The van der Waals surface area contributed by atoms with Crippen LogP contribution >= 0.6 is 0 Å². The summed E-state index contributed by atoms with van der Waals surface area (Å²) in [5.74, 6) is 1.71. The summed E-state index contributed by atoms with van der Waals surface area (Å²) in [5, 5.41) is 0. The Bertz CT molecular complexity index is 664. The first-order valence-electron chi connectivity index (χ1n) is 5.47. The minimum Gasteiger partial charge on any atom is -0.342 e. The van der Waals surface area contributed by atoms with Gasteiger partial charge in [-0.25, -0.2) is 9.97 Å². The van der Waals surface area contributed by atoms with Gasteiger partial charge in [-0.05, 0) is 19.1 Å². The molecule has 0 spiro atoms. The van der Waals surface area contributed by atoms with Gasteiger partial charge in [0.05, 0.1) is 29.5 Å². The SMILES string of the molecule is Cc1nc2ccc(-c3cnc(CN)[nH]3)cc2[nH]1. The molecule has 86 valence electrons. The number of benzene rings is 1. The summed E-state index contributed by atoms with van der Waals surface area (Å²) in [7, 11) is 0. The van der Waals surface area contributed by atoms with Crippen LogP contribution in [0.25, 0.3) is 22.3 Å². The van der Waals surface area contributed by atoms with E-state index in [1.54, 1.807) is 6.20 Å². The number of nitrogens with one attached hydrogen (secondary N) is 2. The summed E-state index contributed by atoms with van der Waals surface area (Å²) in [6.45, 7) is 2.37. The Morgan fingerprint density at radius 2 is 2.18 bits per heavy atom. The first-order chi connectivity index (χ1) is 8.26. The zero-order valence-electron chi connectivity index (χ0n) is 9.49. The molecule has 2 aromatic heterocycles. The van der Waals surface area contributed by atoms with E-state index in [0.717, 1.165) is 33.9 Å². The lowest BCUT2D eigenvalue weighted by Gasteiger charge is -1.97. The Balaban J connectivity index is 2.10. The van der Waals surface area contributed by atoms with E-state index in [1.165, 1.54) is 0 Å². The number of imidazole rings is 2. The standard InChI is InChI=1S/C12H13N5/c1-7-15-9-3-2-8(4-10(9)16-7)11-6-14-12(5-13)17-11/h2-4,6H,5,13H2,1H3,(H,14,17)(H,15,16). The summed E-state index contributed by atoms with van der Waals surface area (Å²) in [5.41, 5.74) is 9.58. The first-order valence-corrected chi connectivity index (χ1v) is 5.47. The van der Waals surface area contributed by atoms with Crippen molar-refractivity contribution in [1.29, 1.82) is 0 Å². The van der Waals surface area contributed by atoms with Crippen LogP contribution in [0.2, 0.25) is 0 Å². The van der Waals surface area contributed by atoms with E-state index < -0.39 is 0 Å². The fourth-order valence-corrected chi connectivity index (χ4v) is 1.92. The number of aromatic nitrogens is 4. The maximum absolute atomic E-state index is 5.53. The number of aromatic amines is 2. The summed E-state index contributed by atoms with van der Waals surface area (Å²) < 4.78 is 0. The number of aryl methyl sites for hydroxylation is 1. The molecule has 2 heterocycles. The monoisotopic (exact) mass is 227 g/mol. The van der Waals surface area contributed by atoms with Crippen molar-refractivity contribution in [1.82, 2.24) is 19.9 Å². The van der Waals surface area contributed by atoms with Gasteiger partial charge in [-0.3, -0.25) is 0 Å². The van der Waals surface area contributed by atoms with Crippen LogP contribution in [0.3, 0.4) is 0 Å². The van der Waals surface area contributed by atoms with Gasteiger partial charge in [0.2, 0.25) is 0 Å². The molecule has 0 radical (unpaired) electrons. The molecule has 0 atom stereocenters. The van der Waals surface area contributed by atoms with Crippen molar-refractivity contribution in [2.45, 2.75) is 13.5 Å². The highest BCUT2D eigenvalue weighted by Gasteiger charge is 2.05. The van der Waals surface area contributed by atoms with Crippen LogP contribution in [0.4, 0.5) is 0 Å². The van der Waals surface area contributed by atoms with Crippen LogP contribution in [-0.4, -0.2) is 19.9 Å². The van der Waals surface area contributed by atoms with E-state index in [0.29, 0.717) is 6.54 Å². The molecule has 3 rings (SSSR count). The molecular weight excluding hydrogens is 214 g/mol. The molecule has 17 heavy (non-hydrogen) atoms. The minimum absolute atomic E-state index is 0.422. The quantitative estimate of drug-likeness (QED) is 0.623. The highest BCUT2D eigenvalue weighted by Crippen LogP contribution is 2.21. The van der Waals surface area contributed by atoms with Gasteiger partial charge in [-0.2, -0.15) is 0 Å². The van der Waals surface area contributed by atoms with E-state index in [4.69, 9.17) is 5.73 Å². The third-order valence-electron chi connectivity index (χ3n) is 2.73. The normalized spacial score (nSPS) is 11.2. The van der Waals surface area contributed by atoms with Gasteiger partial charge in [0.1, 0.15) is 11.6 Å². The molecule has 0 bridgehead atoms. The highest BCUT2D eigenvalue weighted by atomic mass is 14.9. The van der Waals surface area contributed by atoms with Crippen LogP contribution < -0.4 is 5.73 Å². The fraction of sp³-hybridized carbons (Fsp3) is 0.167. The summed E-state index contributed by atoms with van der Waals surface area (Å²) in [6.07, 6.45) is 1.80. The molecule has 0 aliphatic carbocycles. The van der Waals surface area contributed by atoms with Crippen molar-refractivity contribution in [3.63, 3.8) is 0 Å². The van der Waals surface area contributed by atoms with Gasteiger partial charge >= 0.3 is 0 Å². The van der Waals surface area contributed by atoms with E-state index in [9.17, 15) is 0 Å². The van der Waals surface area contributed by atoms with Crippen molar-refractivity contribution in [2.24, 2.45) is 5.73 Å². The van der Waals surface area contributed by atoms with E-state index in [-0.39, 0.29) is 0 Å². The van der Waals surface area contributed by atoms with Gasteiger partial charge in [0.15, 0.2) is 0 Å². The molecule has 3 aromatic rings. The molecular formula is C12H13N5. The van der Waals surface area contributed by atoms with Crippen molar-refractivity contribution in [3.8, 4) is 11.3 Å². The Morgan fingerprint density at radius 1 is 1.29 bits per heavy atom. The maximum Gasteiger partial charge on any atom is 0.120 e. The number of fused-ring (bicyclic) bond motifs is 1. The molecule has 0 saturated carbocycles. The average molecular weight is 227 g/mol. The van der Waals surface area contributed by atoms with Gasteiger partial charge in [0.25, 0.3) is 0 Å². The second kappa shape index (κ2) is 3.71. The molecule has 0 saturated heterocycles. The zero-order valence-corrected chi connectivity index (χ0v) is 9.49. The third-order valence-corrected chi connectivity index (χ3v) is 2.73. The first kappa shape index (κ1) is 10.0. The molecule has 5 heteroatoms. The second-order valence-electron chi connectivity index (χ2n) is 4.00. The Morgan fingerprint density at radius 3 is 2.94 bits per heavy atom. The molecule has 0 aliphatic rings. The lowest BCUT2D eigenvalue weighted by molar-refractivity contribution is 0.950. The molecule has 0 amide bonds. The maximum atomic E-state index is 5.53. The Labute approximate surface area is 98.1 Å². The molecule has 4 N–H and O–H groups in total. The minimum atomic E-state index is 0.422. The predicted molar refractivity (Wildman–Crippen MR) is 66.3 cm³/mol. The van der Waals surface area contributed by atoms with Gasteiger partial charge in [-0.1, -0.05) is 6.07 Å². The Kier molecular flexibility index (Phi) is 2.19. The van der Waals surface area contributed by atoms with Crippen molar-refractivity contribution in [2.75, 3.05) is 0 Å². The molecule has 5 nitrogen and oxygen atoms in total. The Hall–Kier alpha value is -2.14. The second-order valence-corrected chi connectivity index (χ2v) is 4.00. The fourth-order valence-electron chi connectivity index (χ4n) is 1.92. The summed E-state index contributed by atoms with van der Waals surface area (Å²) in [6, 6.07) is 6.08. The number of H-pyrrole nitrogens is 2. The lowest BCUT2D eigenvalue weighted by Crippen LogP contribution is -1.97. The highest BCUT2D eigenvalue weighted by molar-refractivity contribution is 5.81. The molecule has 0 fully saturated rings. The topological polar surface area (TPSA) is 83.4 Å². The van der Waals surface area contributed by atoms with E-state index in [2.05, 4.69) is 26.0 Å². The number of rotatable bonds is 2. The largest absolute Gasteiger partial charge is 0.342 e. The number of nitrogens with two attached hydrogens (primary N) is 1. The summed E-state index contributed by atoms with van der Waals surface area (Å²) >= 11 is 0. The molecule has 0 unspecified atom stereocenters. The smallest absolute Gasteiger partial charge is 0.120 e. The third kappa shape index (κ3) is 1.70. The molecule has 0 aliphatic heterocycles. The number of nitrogens with zero attached hydrogens (tertiary/aromatic N) is 2. The lowest BCUT2D eigenvalue weighted by atomic mass is 10.1. The van der Waals surface area contributed by atoms with Crippen molar-refractivity contribution >= 4 is 11.0 Å². The summed E-state index contributed by atoms with van der Waals surface area (Å²) in [4.78, 5) is 15.0.